The molecule has 112 valence electrons. The van der Waals surface area contributed by atoms with Crippen LogP contribution in [0.1, 0.15) is 25.3 Å². The topological polar surface area (TPSA) is 59.0 Å². The maximum Gasteiger partial charge on any atom is 0.222 e. The van der Waals surface area contributed by atoms with E-state index in [0.29, 0.717) is 30.9 Å². The Morgan fingerprint density at radius 1 is 1.35 bits per heavy atom. The molecule has 0 radical (unpaired) electrons. The second kappa shape index (κ2) is 7.75. The van der Waals surface area contributed by atoms with Gasteiger partial charge in [0.1, 0.15) is 0 Å². The largest absolute Gasteiger partial charge is 0.493 e. The number of benzene rings is 1. The number of nitrogens with zero attached hydrogens (tertiary/aromatic N) is 1. The van der Waals surface area contributed by atoms with Crippen molar-refractivity contribution in [2.24, 2.45) is 0 Å². The van der Waals surface area contributed by atoms with Gasteiger partial charge in [-0.2, -0.15) is 0 Å². The van der Waals surface area contributed by atoms with Crippen LogP contribution in [0.2, 0.25) is 0 Å². The molecular formula is C15H23NO4. The first kappa shape index (κ1) is 16.3. The maximum atomic E-state index is 11.9. The van der Waals surface area contributed by atoms with Crippen LogP contribution >= 0.6 is 0 Å². The number of rotatable bonds is 7. The van der Waals surface area contributed by atoms with Crippen LogP contribution < -0.4 is 9.47 Å². The lowest BCUT2D eigenvalue weighted by molar-refractivity contribution is -0.131. The Morgan fingerprint density at radius 3 is 2.60 bits per heavy atom. The zero-order valence-electron chi connectivity index (χ0n) is 12.5. The molecule has 0 saturated carbocycles. The summed E-state index contributed by atoms with van der Waals surface area (Å²) < 4.78 is 10.6. The molecule has 0 aliphatic carbocycles. The lowest BCUT2D eigenvalue weighted by Crippen LogP contribution is -2.27. The summed E-state index contributed by atoms with van der Waals surface area (Å²) in [6.07, 6.45) is 0.345. The van der Waals surface area contributed by atoms with E-state index in [-0.39, 0.29) is 5.91 Å². The van der Waals surface area contributed by atoms with E-state index in [9.17, 15) is 9.90 Å². The third-order valence-corrected chi connectivity index (χ3v) is 3.09. The molecular weight excluding hydrogens is 258 g/mol. The molecule has 1 atom stereocenters. The number of carbonyl (C=O) groups excluding carboxylic acids is 1. The third kappa shape index (κ3) is 4.42. The highest BCUT2D eigenvalue weighted by molar-refractivity contribution is 5.76. The number of para-hydroxylation sites is 1. The second-order valence-corrected chi connectivity index (χ2v) is 4.79. The van der Waals surface area contributed by atoms with Crippen molar-refractivity contribution < 1.29 is 19.4 Å². The van der Waals surface area contributed by atoms with Crippen LogP contribution in [0, 0.1) is 0 Å². The smallest absolute Gasteiger partial charge is 0.222 e. The van der Waals surface area contributed by atoms with Gasteiger partial charge in [0.15, 0.2) is 11.5 Å². The minimum atomic E-state index is -0.460. The van der Waals surface area contributed by atoms with Crippen molar-refractivity contribution in [2.75, 3.05) is 21.3 Å². The van der Waals surface area contributed by atoms with Gasteiger partial charge in [0.05, 0.1) is 20.3 Å². The van der Waals surface area contributed by atoms with E-state index in [1.807, 2.05) is 18.2 Å². The van der Waals surface area contributed by atoms with Gasteiger partial charge in [0, 0.05) is 25.6 Å². The fourth-order valence-electron chi connectivity index (χ4n) is 1.95. The molecule has 0 aromatic heterocycles. The fourth-order valence-corrected chi connectivity index (χ4v) is 1.95. The molecule has 1 aromatic rings. The Bertz CT molecular complexity index is 445. The van der Waals surface area contributed by atoms with Crippen molar-refractivity contribution in [3.63, 3.8) is 0 Å². The second-order valence-electron chi connectivity index (χ2n) is 4.79. The number of aliphatic hydroxyl groups excluding tert-OH is 1. The van der Waals surface area contributed by atoms with Gasteiger partial charge in [-0.1, -0.05) is 12.1 Å². The first-order valence-electron chi connectivity index (χ1n) is 6.61. The number of hydrogen-bond acceptors (Lipinski definition) is 4. The molecule has 5 nitrogen and oxygen atoms in total. The van der Waals surface area contributed by atoms with Crippen LogP contribution in [-0.2, 0) is 11.3 Å². The molecule has 1 aromatic carbocycles. The Balaban J connectivity index is 2.75. The molecule has 0 aliphatic rings. The predicted octanol–water partition coefficient (Wildman–Crippen LogP) is 1.82. The van der Waals surface area contributed by atoms with Gasteiger partial charge >= 0.3 is 0 Å². The SMILES string of the molecule is COc1cccc(CN(C)C(=O)CCC(C)O)c1OC. The molecule has 1 rings (SSSR count). The van der Waals surface area contributed by atoms with Gasteiger partial charge in [0.2, 0.25) is 5.91 Å². The zero-order valence-corrected chi connectivity index (χ0v) is 12.5. The van der Waals surface area contributed by atoms with Crippen LogP contribution in [0.15, 0.2) is 18.2 Å². The molecule has 0 bridgehead atoms. The summed E-state index contributed by atoms with van der Waals surface area (Å²) in [6, 6.07) is 5.59. The Kier molecular flexibility index (Phi) is 6.31. The highest BCUT2D eigenvalue weighted by atomic mass is 16.5. The van der Waals surface area contributed by atoms with Crippen LogP contribution in [0.5, 0.6) is 11.5 Å². The third-order valence-electron chi connectivity index (χ3n) is 3.09. The Labute approximate surface area is 120 Å². The van der Waals surface area contributed by atoms with E-state index in [4.69, 9.17) is 9.47 Å². The molecule has 1 N–H and O–H groups in total. The lowest BCUT2D eigenvalue weighted by Gasteiger charge is -2.20. The molecule has 0 spiro atoms. The van der Waals surface area contributed by atoms with E-state index >= 15 is 0 Å². The van der Waals surface area contributed by atoms with Gasteiger partial charge in [-0.3, -0.25) is 4.79 Å². The average Bonchev–Trinajstić information content (AvgIpc) is 2.44. The van der Waals surface area contributed by atoms with Gasteiger partial charge in [-0.25, -0.2) is 0 Å². The van der Waals surface area contributed by atoms with E-state index in [0.717, 1.165) is 5.56 Å². The maximum absolute atomic E-state index is 11.9. The fraction of sp³-hybridized carbons (Fsp3) is 0.533. The number of ether oxygens (including phenoxy) is 2. The molecule has 0 heterocycles. The quantitative estimate of drug-likeness (QED) is 0.828. The number of methoxy groups -OCH3 is 2. The molecule has 0 saturated heterocycles. The summed E-state index contributed by atoms with van der Waals surface area (Å²) in [5.74, 6) is 1.29. The van der Waals surface area contributed by atoms with Gasteiger partial charge in [-0.05, 0) is 19.4 Å². The van der Waals surface area contributed by atoms with Crippen LogP contribution in [0.4, 0.5) is 0 Å². The van der Waals surface area contributed by atoms with E-state index in [2.05, 4.69) is 0 Å². The number of hydrogen-bond donors (Lipinski definition) is 1. The van der Waals surface area contributed by atoms with E-state index < -0.39 is 6.10 Å². The van der Waals surface area contributed by atoms with Gasteiger partial charge in [-0.15, -0.1) is 0 Å². The van der Waals surface area contributed by atoms with Crippen LogP contribution in [0.25, 0.3) is 0 Å². The first-order chi connectivity index (χ1) is 9.49. The molecule has 0 fully saturated rings. The van der Waals surface area contributed by atoms with E-state index in [1.165, 1.54) is 0 Å². The highest BCUT2D eigenvalue weighted by Crippen LogP contribution is 2.31. The molecule has 1 amide bonds. The summed E-state index contributed by atoms with van der Waals surface area (Å²) in [5, 5.41) is 9.22. The summed E-state index contributed by atoms with van der Waals surface area (Å²) in [5.41, 5.74) is 0.889. The predicted molar refractivity (Wildman–Crippen MR) is 76.9 cm³/mol. The van der Waals surface area contributed by atoms with Crippen molar-refractivity contribution in [2.45, 2.75) is 32.4 Å². The van der Waals surface area contributed by atoms with Crippen molar-refractivity contribution in [1.82, 2.24) is 4.90 Å². The number of aliphatic hydroxyl groups is 1. The van der Waals surface area contributed by atoms with E-state index in [1.54, 1.807) is 33.1 Å². The summed E-state index contributed by atoms with van der Waals surface area (Å²) in [6.45, 7) is 2.12. The standard InChI is InChI=1S/C15H23NO4/c1-11(17)8-9-14(18)16(2)10-12-6-5-7-13(19-3)15(12)20-4/h5-7,11,17H,8-10H2,1-4H3. The van der Waals surface area contributed by atoms with Gasteiger partial charge < -0.3 is 19.5 Å². The minimum Gasteiger partial charge on any atom is -0.493 e. The number of carbonyl (C=O) groups is 1. The Morgan fingerprint density at radius 2 is 2.05 bits per heavy atom. The van der Waals surface area contributed by atoms with Gasteiger partial charge in [0.25, 0.3) is 0 Å². The Hall–Kier alpha value is -1.75. The molecule has 20 heavy (non-hydrogen) atoms. The van der Waals surface area contributed by atoms with Crippen LogP contribution in [-0.4, -0.2) is 43.3 Å². The average molecular weight is 281 g/mol. The molecule has 5 heteroatoms. The van der Waals surface area contributed by atoms with Crippen molar-refractivity contribution in [1.29, 1.82) is 0 Å². The van der Waals surface area contributed by atoms with Crippen molar-refractivity contribution >= 4 is 5.91 Å². The lowest BCUT2D eigenvalue weighted by atomic mass is 10.1. The molecule has 0 aliphatic heterocycles. The first-order valence-corrected chi connectivity index (χ1v) is 6.61. The zero-order chi connectivity index (χ0) is 15.1. The number of amides is 1. The summed E-state index contributed by atoms with van der Waals surface area (Å²) >= 11 is 0. The normalized spacial score (nSPS) is 11.8. The summed E-state index contributed by atoms with van der Waals surface area (Å²) in [7, 11) is 4.90. The van der Waals surface area contributed by atoms with Crippen LogP contribution in [0.3, 0.4) is 0 Å². The monoisotopic (exact) mass is 281 g/mol. The molecule has 1 unspecified atom stereocenters. The van der Waals surface area contributed by atoms with Crippen molar-refractivity contribution in [3.8, 4) is 11.5 Å². The highest BCUT2D eigenvalue weighted by Gasteiger charge is 2.15. The van der Waals surface area contributed by atoms with Crippen molar-refractivity contribution in [3.05, 3.63) is 23.8 Å². The summed E-state index contributed by atoms with van der Waals surface area (Å²) in [4.78, 5) is 13.6. The minimum absolute atomic E-state index is 0.00391.